The smallest absolute Gasteiger partial charge is 0.414 e. The number of anilines is 2. The van der Waals surface area contributed by atoms with Gasteiger partial charge >= 0.3 is 6.09 Å². The van der Waals surface area contributed by atoms with Gasteiger partial charge in [-0.1, -0.05) is 11.6 Å². The minimum absolute atomic E-state index is 0.205. The van der Waals surface area contributed by atoms with E-state index in [9.17, 15) is 9.59 Å². The Labute approximate surface area is 187 Å². The zero-order valence-corrected chi connectivity index (χ0v) is 17.9. The van der Waals surface area contributed by atoms with Crippen LogP contribution in [-0.2, 0) is 9.47 Å². The molecule has 2 aliphatic heterocycles. The van der Waals surface area contributed by atoms with Crippen molar-refractivity contribution in [2.45, 2.75) is 6.10 Å². The summed E-state index contributed by atoms with van der Waals surface area (Å²) in [6.07, 6.45) is 0.870. The topological polar surface area (TPSA) is 107 Å². The van der Waals surface area contributed by atoms with Crippen LogP contribution >= 0.6 is 22.9 Å². The fourth-order valence-corrected chi connectivity index (χ4v) is 4.30. The van der Waals surface area contributed by atoms with Gasteiger partial charge in [0.05, 0.1) is 28.9 Å². The lowest BCUT2D eigenvalue weighted by Crippen LogP contribution is -2.41. The lowest BCUT2D eigenvalue weighted by molar-refractivity contribution is 0.0920. The third-order valence-corrected chi connectivity index (χ3v) is 6.05. The van der Waals surface area contributed by atoms with Gasteiger partial charge < -0.3 is 19.7 Å². The number of hydrogen-bond acceptors (Lipinski definition) is 7. The Balaban J connectivity index is 1.37. The van der Waals surface area contributed by atoms with Gasteiger partial charge in [0, 0.05) is 17.9 Å². The molecule has 0 bridgehead atoms. The molecule has 160 valence electrons. The minimum Gasteiger partial charge on any atom is -0.442 e. The Morgan fingerprint density at radius 3 is 2.68 bits per heavy atom. The molecule has 11 heteroatoms. The number of nitriles is 1. The quantitative estimate of drug-likeness (QED) is 0.689. The lowest BCUT2D eigenvalue weighted by atomic mass is 10.2. The molecule has 0 radical (unpaired) electrons. The molecule has 2 aliphatic rings. The number of nitrogens with one attached hydrogen (secondary N) is 1. The predicted octanol–water partition coefficient (Wildman–Crippen LogP) is 2.87. The van der Waals surface area contributed by atoms with E-state index in [2.05, 4.69) is 10.3 Å². The molecule has 0 spiro atoms. The first-order valence-corrected chi connectivity index (χ1v) is 10.7. The van der Waals surface area contributed by atoms with Gasteiger partial charge in [-0.15, -0.1) is 11.3 Å². The standard InChI is InChI=1S/C20H18ClN5O4S/c21-17-6-5-16(31-17)19(27)23-9-15-10-26(20(28)30-15)14-3-1-13(2-4-14)25-7-8-29-11-18(25)24-12-22/h1-6,15H,7-11H2,(H,23,27)/t15-/m0/s1. The molecule has 31 heavy (non-hydrogen) atoms. The van der Waals surface area contributed by atoms with Crippen LogP contribution in [0.3, 0.4) is 0 Å². The Morgan fingerprint density at radius 1 is 1.26 bits per heavy atom. The summed E-state index contributed by atoms with van der Waals surface area (Å²) < 4.78 is 11.3. The summed E-state index contributed by atoms with van der Waals surface area (Å²) >= 11 is 7.04. The van der Waals surface area contributed by atoms with E-state index in [-0.39, 0.29) is 19.1 Å². The fourth-order valence-electron chi connectivity index (χ4n) is 3.34. The molecule has 2 saturated heterocycles. The van der Waals surface area contributed by atoms with Gasteiger partial charge in [0.1, 0.15) is 18.5 Å². The van der Waals surface area contributed by atoms with E-state index in [0.717, 1.165) is 5.69 Å². The number of nitrogens with zero attached hydrogens (tertiary/aromatic N) is 4. The Hall–Kier alpha value is -3.13. The number of aliphatic imine (C=N–C) groups is 1. The molecule has 2 aromatic rings. The van der Waals surface area contributed by atoms with Crippen LogP contribution in [0.15, 0.2) is 41.4 Å². The van der Waals surface area contributed by atoms with Gasteiger partial charge in [0.25, 0.3) is 5.91 Å². The number of amides is 2. The Morgan fingerprint density at radius 2 is 2.00 bits per heavy atom. The molecule has 1 aromatic carbocycles. The van der Waals surface area contributed by atoms with Crippen molar-refractivity contribution < 1.29 is 19.1 Å². The second-order valence-electron chi connectivity index (χ2n) is 6.78. The number of morpholine rings is 1. The number of hydrogen-bond donors (Lipinski definition) is 1. The monoisotopic (exact) mass is 459 g/mol. The van der Waals surface area contributed by atoms with E-state index in [4.69, 9.17) is 26.3 Å². The molecule has 0 aliphatic carbocycles. The third kappa shape index (κ3) is 4.80. The minimum atomic E-state index is -0.468. The van der Waals surface area contributed by atoms with E-state index < -0.39 is 12.2 Å². The van der Waals surface area contributed by atoms with Gasteiger partial charge in [-0.3, -0.25) is 9.69 Å². The van der Waals surface area contributed by atoms with Crippen LogP contribution in [0.2, 0.25) is 4.34 Å². The SMILES string of the molecule is N#CN=C1COCCN1c1ccc(N2C[C@H](CNC(=O)c3ccc(Cl)s3)OC2=O)cc1. The van der Waals surface area contributed by atoms with Gasteiger partial charge in [-0.2, -0.15) is 10.3 Å². The molecular formula is C20H18ClN5O4S. The van der Waals surface area contributed by atoms with Crippen molar-refractivity contribution in [1.82, 2.24) is 5.32 Å². The molecule has 4 rings (SSSR count). The Kier molecular flexibility index (Phi) is 6.36. The Bertz CT molecular complexity index is 1050. The molecule has 0 saturated carbocycles. The number of amidine groups is 1. The molecule has 1 aromatic heterocycles. The van der Waals surface area contributed by atoms with Crippen LogP contribution < -0.4 is 15.1 Å². The number of thiophene rings is 1. The number of halogens is 1. The average Bonchev–Trinajstić information content (AvgIpc) is 3.38. The van der Waals surface area contributed by atoms with Crippen LogP contribution in [0.5, 0.6) is 0 Å². The summed E-state index contributed by atoms with van der Waals surface area (Å²) in [5, 5.41) is 11.6. The van der Waals surface area contributed by atoms with Crippen molar-refractivity contribution in [3.8, 4) is 6.19 Å². The van der Waals surface area contributed by atoms with Crippen LogP contribution in [0.4, 0.5) is 16.2 Å². The number of benzene rings is 1. The largest absolute Gasteiger partial charge is 0.442 e. The maximum Gasteiger partial charge on any atom is 0.414 e. The van der Waals surface area contributed by atoms with E-state index in [1.807, 2.05) is 29.2 Å². The normalized spacial score (nSPS) is 19.9. The first-order valence-electron chi connectivity index (χ1n) is 9.48. The molecule has 0 unspecified atom stereocenters. The van der Waals surface area contributed by atoms with Gasteiger partial charge in [-0.05, 0) is 36.4 Å². The van der Waals surface area contributed by atoms with E-state index in [0.29, 0.717) is 40.4 Å². The second-order valence-corrected chi connectivity index (χ2v) is 8.49. The van der Waals surface area contributed by atoms with Crippen molar-refractivity contribution in [1.29, 1.82) is 5.26 Å². The van der Waals surface area contributed by atoms with Gasteiger partial charge in [0.2, 0.25) is 6.19 Å². The van der Waals surface area contributed by atoms with Crippen molar-refractivity contribution in [2.75, 3.05) is 42.6 Å². The summed E-state index contributed by atoms with van der Waals surface area (Å²) in [5.74, 6) is 0.293. The summed E-state index contributed by atoms with van der Waals surface area (Å²) in [7, 11) is 0. The summed E-state index contributed by atoms with van der Waals surface area (Å²) in [6.45, 7) is 1.93. The van der Waals surface area contributed by atoms with E-state index >= 15 is 0 Å². The van der Waals surface area contributed by atoms with Crippen LogP contribution in [0.1, 0.15) is 9.67 Å². The van der Waals surface area contributed by atoms with E-state index in [1.54, 1.807) is 18.3 Å². The second kappa shape index (κ2) is 9.34. The molecule has 9 nitrogen and oxygen atoms in total. The summed E-state index contributed by atoms with van der Waals surface area (Å²) in [6, 6.07) is 10.6. The molecule has 2 fully saturated rings. The summed E-state index contributed by atoms with van der Waals surface area (Å²) in [4.78, 5) is 32.2. The maximum absolute atomic E-state index is 12.3. The third-order valence-electron chi connectivity index (χ3n) is 4.82. The fraction of sp³-hybridized carbons (Fsp3) is 0.300. The average molecular weight is 460 g/mol. The van der Waals surface area contributed by atoms with Crippen LogP contribution in [0, 0.1) is 11.5 Å². The number of rotatable bonds is 5. The highest BCUT2D eigenvalue weighted by Gasteiger charge is 2.32. The van der Waals surface area contributed by atoms with Crippen molar-refractivity contribution in [3.63, 3.8) is 0 Å². The van der Waals surface area contributed by atoms with Crippen LogP contribution in [-0.4, -0.2) is 56.8 Å². The highest BCUT2D eigenvalue weighted by Crippen LogP contribution is 2.26. The molecule has 3 heterocycles. The number of carbonyl (C=O) groups is 2. The highest BCUT2D eigenvalue weighted by molar-refractivity contribution is 7.18. The molecule has 1 atom stereocenters. The first kappa shape index (κ1) is 21.1. The first-order chi connectivity index (χ1) is 15.0. The number of ether oxygens (including phenoxy) is 2. The van der Waals surface area contributed by atoms with Gasteiger partial charge in [0.15, 0.2) is 0 Å². The number of cyclic esters (lactones) is 1. The van der Waals surface area contributed by atoms with Crippen LogP contribution in [0.25, 0.3) is 0 Å². The van der Waals surface area contributed by atoms with Crippen molar-refractivity contribution >= 4 is 52.1 Å². The molecule has 2 amide bonds. The molecule has 1 N–H and O–H groups in total. The lowest BCUT2D eigenvalue weighted by Gasteiger charge is -2.29. The van der Waals surface area contributed by atoms with Crippen molar-refractivity contribution in [3.05, 3.63) is 45.6 Å². The van der Waals surface area contributed by atoms with E-state index in [1.165, 1.54) is 16.2 Å². The van der Waals surface area contributed by atoms with Crippen molar-refractivity contribution in [2.24, 2.45) is 4.99 Å². The summed E-state index contributed by atoms with van der Waals surface area (Å²) in [5.41, 5.74) is 1.53. The molecular weight excluding hydrogens is 442 g/mol. The zero-order chi connectivity index (χ0) is 21.8. The number of carbonyl (C=O) groups excluding carboxylic acids is 2. The van der Waals surface area contributed by atoms with Gasteiger partial charge in [-0.25, -0.2) is 4.79 Å². The maximum atomic E-state index is 12.3. The zero-order valence-electron chi connectivity index (χ0n) is 16.3. The highest BCUT2D eigenvalue weighted by atomic mass is 35.5. The predicted molar refractivity (Wildman–Crippen MR) is 117 cm³/mol.